The second-order valence-electron chi connectivity index (χ2n) is 9.55. The molecule has 9 unspecified atom stereocenters. The van der Waals surface area contributed by atoms with Crippen LogP contribution in [0.4, 0.5) is 0 Å². The van der Waals surface area contributed by atoms with Gasteiger partial charge >= 0.3 is 0 Å². The molecule has 0 aromatic rings. The first-order chi connectivity index (χ1) is 16.3. The predicted octanol–water partition coefficient (Wildman–Crippen LogP) is 1.10. The number of hydrogen-bond acceptors (Lipinski definition) is 8. The van der Waals surface area contributed by atoms with Crippen molar-refractivity contribution < 1.29 is 114 Å². The van der Waals surface area contributed by atoms with Crippen molar-refractivity contribution in [3.63, 3.8) is 0 Å². The van der Waals surface area contributed by atoms with Gasteiger partial charge in [-0.2, -0.15) is 0 Å². The van der Waals surface area contributed by atoms with Crippen LogP contribution in [0.25, 0.3) is 0 Å². The van der Waals surface area contributed by atoms with Crippen molar-refractivity contribution in [3.8, 4) is 0 Å². The molecule has 222 valence electrons. The van der Waals surface area contributed by atoms with E-state index in [1.54, 1.807) is 6.92 Å². The summed E-state index contributed by atoms with van der Waals surface area (Å²) in [5.74, 6) is 0. The minimum Gasteiger partial charge on any atom is -0.396 e. The summed E-state index contributed by atoms with van der Waals surface area (Å²) in [7, 11) is 8.00. The van der Waals surface area contributed by atoms with Crippen LogP contribution in [0.5, 0.6) is 0 Å². The third-order valence-electron chi connectivity index (χ3n) is 6.15. The van der Waals surface area contributed by atoms with Gasteiger partial charge in [0.2, 0.25) is 0 Å². The van der Waals surface area contributed by atoms with Crippen LogP contribution in [-0.2, 0) is 93.2 Å². The first kappa shape index (κ1) is 54.7. The SMILES string of the molecule is CCCC1OC(CC(O)CCO)CC(CC2CC(CC(O)CC(C)O)OC(CCC)O2)O1.[B].[B].[B][B].[V].[V].[V].[V]. The number of hydrogen-bond donors (Lipinski definition) is 4. The van der Waals surface area contributed by atoms with E-state index in [1.807, 2.05) is 0 Å². The van der Waals surface area contributed by atoms with Crippen LogP contribution >= 0.6 is 0 Å². The van der Waals surface area contributed by atoms with Crippen molar-refractivity contribution in [2.45, 2.75) is 147 Å². The molecule has 0 spiro atoms. The second-order valence-corrected chi connectivity index (χ2v) is 9.55. The standard InChI is InChI=1S/C24H46O8.B2.2B.4V/c1-4-6-23-29-19(11-17(27)8-9-25)13-21(31-23)15-22-14-20(12-18(28)10-16(3)26)30-24(32-22)7-5-2;1-2;;;;;;/h16-28H,4-15H2,1-3H3;;;;;;;. The first-order valence-corrected chi connectivity index (χ1v) is 12.9. The van der Waals surface area contributed by atoms with Gasteiger partial charge in [0.1, 0.15) is 0 Å². The Morgan fingerprint density at radius 1 is 0.700 bits per heavy atom. The molecule has 14 radical (unpaired) electrons. The van der Waals surface area contributed by atoms with Gasteiger partial charge in [0.05, 0.1) is 42.7 Å². The van der Waals surface area contributed by atoms with Crippen molar-refractivity contribution in [1.82, 2.24) is 0 Å². The van der Waals surface area contributed by atoms with Gasteiger partial charge in [0.25, 0.3) is 0 Å². The van der Waals surface area contributed by atoms with E-state index in [0.29, 0.717) is 44.9 Å². The van der Waals surface area contributed by atoms with Crippen LogP contribution in [0.2, 0.25) is 0 Å². The molecule has 2 saturated heterocycles. The zero-order chi connectivity index (χ0) is 25.5. The summed E-state index contributed by atoms with van der Waals surface area (Å²) >= 11 is 0. The molecule has 2 fully saturated rings. The molecule has 2 rings (SSSR count). The first-order valence-electron chi connectivity index (χ1n) is 12.9. The van der Waals surface area contributed by atoms with Gasteiger partial charge in [-0.05, 0) is 45.4 Å². The fourth-order valence-electron chi connectivity index (χ4n) is 4.74. The average Bonchev–Trinajstić information content (AvgIpc) is 2.75. The van der Waals surface area contributed by atoms with Gasteiger partial charge < -0.3 is 39.4 Å². The zero-order valence-corrected chi connectivity index (χ0v) is 29.8. The van der Waals surface area contributed by atoms with E-state index in [4.69, 9.17) is 24.1 Å². The van der Waals surface area contributed by atoms with Crippen molar-refractivity contribution >= 4 is 32.3 Å². The van der Waals surface area contributed by atoms with E-state index >= 15 is 0 Å². The normalized spacial score (nSPS) is 27.5. The molecule has 9 atom stereocenters. The Bertz CT molecular complexity index is 525. The minimum absolute atomic E-state index is 0. The van der Waals surface area contributed by atoms with Crippen molar-refractivity contribution in [2.75, 3.05) is 6.61 Å². The average molecular weight is 710 g/mol. The minimum atomic E-state index is -0.605. The molecule has 2 aliphatic rings. The van der Waals surface area contributed by atoms with Gasteiger partial charge in [0.15, 0.2) is 12.6 Å². The Labute approximate surface area is 297 Å². The van der Waals surface area contributed by atoms with Crippen LogP contribution in [0, 0.1) is 0 Å². The smallest absolute Gasteiger partial charge is 0.158 e. The van der Waals surface area contributed by atoms with E-state index in [9.17, 15) is 15.3 Å². The van der Waals surface area contributed by atoms with Crippen LogP contribution in [0.15, 0.2) is 0 Å². The van der Waals surface area contributed by atoms with Gasteiger partial charge in [-0.15, -0.1) is 0 Å². The molecule has 40 heavy (non-hydrogen) atoms. The van der Waals surface area contributed by atoms with E-state index in [0.717, 1.165) is 25.7 Å². The zero-order valence-electron chi connectivity index (χ0n) is 24.2. The summed E-state index contributed by atoms with van der Waals surface area (Å²) in [6.45, 7) is 5.82. The van der Waals surface area contributed by atoms with Gasteiger partial charge in [0, 0.05) is 132 Å². The summed E-state index contributed by atoms with van der Waals surface area (Å²) in [6, 6.07) is 0. The molecule has 16 heteroatoms. The Balaban J connectivity index is -0.000000353. The van der Waals surface area contributed by atoms with Crippen molar-refractivity contribution in [2.24, 2.45) is 0 Å². The molecule has 0 amide bonds. The maximum atomic E-state index is 10.3. The number of ether oxygens (including phenoxy) is 4. The maximum Gasteiger partial charge on any atom is 0.158 e. The Morgan fingerprint density at radius 3 is 1.43 bits per heavy atom. The quantitative estimate of drug-likeness (QED) is 0.199. The van der Waals surface area contributed by atoms with Crippen molar-refractivity contribution in [3.05, 3.63) is 0 Å². The molecule has 0 aromatic heterocycles. The molecule has 8 nitrogen and oxygen atoms in total. The molecule has 0 saturated carbocycles. The van der Waals surface area contributed by atoms with Crippen LogP contribution in [-0.4, -0.2) is 115 Å². The van der Waals surface area contributed by atoms with Gasteiger partial charge in [-0.1, -0.05) is 26.7 Å². The topological polar surface area (TPSA) is 118 Å². The summed E-state index contributed by atoms with van der Waals surface area (Å²) in [4.78, 5) is 0. The number of aliphatic hydroxyl groups excluding tert-OH is 4. The Kier molecular flexibility index (Phi) is 44.7. The number of aliphatic hydroxyl groups is 4. The third kappa shape index (κ3) is 23.6. The van der Waals surface area contributed by atoms with Crippen LogP contribution in [0.3, 0.4) is 0 Å². The van der Waals surface area contributed by atoms with Gasteiger partial charge in [-0.25, -0.2) is 0 Å². The maximum absolute atomic E-state index is 10.3. The summed E-state index contributed by atoms with van der Waals surface area (Å²) in [5, 5.41) is 39.1. The van der Waals surface area contributed by atoms with Crippen LogP contribution in [0.1, 0.15) is 91.4 Å². The Morgan fingerprint density at radius 2 is 1.07 bits per heavy atom. The molecule has 0 aliphatic carbocycles. The largest absolute Gasteiger partial charge is 0.396 e. The van der Waals surface area contributed by atoms with E-state index in [-0.39, 0.29) is 135 Å². The van der Waals surface area contributed by atoms with E-state index < -0.39 is 18.3 Å². The molecule has 2 heterocycles. The van der Waals surface area contributed by atoms with Gasteiger partial charge in [-0.3, -0.25) is 0 Å². The van der Waals surface area contributed by atoms with E-state index in [2.05, 4.69) is 29.3 Å². The second kappa shape index (κ2) is 32.7. The van der Waals surface area contributed by atoms with Crippen molar-refractivity contribution in [1.29, 1.82) is 0 Å². The number of rotatable bonds is 14. The molecule has 0 bridgehead atoms. The summed E-state index contributed by atoms with van der Waals surface area (Å²) in [5.41, 5.74) is 0. The fraction of sp³-hybridized carbons (Fsp3) is 1.00. The molecular weight excluding hydrogens is 663 g/mol. The fourth-order valence-corrected chi connectivity index (χ4v) is 4.74. The Hall–Kier alpha value is 2.28. The molecule has 2 aliphatic heterocycles. The molecule has 0 aromatic carbocycles. The summed E-state index contributed by atoms with van der Waals surface area (Å²) in [6.07, 6.45) is 4.56. The monoisotopic (exact) mass is 710 g/mol. The molecule has 4 N–H and O–H groups in total. The third-order valence-corrected chi connectivity index (χ3v) is 6.15. The van der Waals surface area contributed by atoms with Crippen LogP contribution < -0.4 is 0 Å². The van der Waals surface area contributed by atoms with E-state index in [1.165, 1.54) is 0 Å². The summed E-state index contributed by atoms with van der Waals surface area (Å²) < 4.78 is 24.5. The predicted molar refractivity (Wildman–Crippen MR) is 143 cm³/mol. The molecular formula is C24H46B4O8V4.